The number of para-hydroxylation sites is 1. The Balaban J connectivity index is 1.50. The molecular formula is C23H26N4O4S. The number of hydrogen-bond donors (Lipinski definition) is 0. The Morgan fingerprint density at radius 2 is 1.62 bits per heavy atom. The van der Waals surface area contributed by atoms with E-state index >= 15 is 0 Å². The Kier molecular flexibility index (Phi) is 6.29. The van der Waals surface area contributed by atoms with E-state index in [-0.39, 0.29) is 4.90 Å². The van der Waals surface area contributed by atoms with Crippen LogP contribution < -0.4 is 14.4 Å². The second-order valence-electron chi connectivity index (χ2n) is 7.57. The number of anilines is 1. The summed E-state index contributed by atoms with van der Waals surface area (Å²) in [6, 6.07) is 16.4. The van der Waals surface area contributed by atoms with Gasteiger partial charge in [0.25, 0.3) is 0 Å². The molecular weight excluding hydrogens is 428 g/mol. The fourth-order valence-corrected chi connectivity index (χ4v) is 5.29. The third-order valence-electron chi connectivity index (χ3n) is 5.27. The molecule has 0 aliphatic carbocycles. The van der Waals surface area contributed by atoms with Crippen LogP contribution >= 0.6 is 0 Å². The highest BCUT2D eigenvalue weighted by Crippen LogP contribution is 2.29. The summed E-state index contributed by atoms with van der Waals surface area (Å²) in [5.74, 6) is 2.81. The van der Waals surface area contributed by atoms with E-state index in [1.54, 1.807) is 18.2 Å². The molecule has 1 aromatic heterocycles. The van der Waals surface area contributed by atoms with E-state index in [9.17, 15) is 8.42 Å². The minimum absolute atomic E-state index is 0.199. The Labute approximate surface area is 188 Å². The minimum Gasteiger partial charge on any atom is -0.495 e. The van der Waals surface area contributed by atoms with Crippen LogP contribution in [0.5, 0.6) is 17.4 Å². The van der Waals surface area contributed by atoms with Gasteiger partial charge >= 0.3 is 0 Å². The second kappa shape index (κ2) is 9.13. The lowest BCUT2D eigenvalue weighted by molar-refractivity contribution is 0.373. The molecule has 0 amide bonds. The van der Waals surface area contributed by atoms with Gasteiger partial charge in [-0.1, -0.05) is 24.3 Å². The summed E-state index contributed by atoms with van der Waals surface area (Å²) in [6.45, 7) is 5.38. The molecule has 2 heterocycles. The number of sulfonamides is 1. The highest BCUT2D eigenvalue weighted by atomic mass is 32.2. The highest BCUT2D eigenvalue weighted by molar-refractivity contribution is 7.89. The topological polar surface area (TPSA) is 84.9 Å². The molecule has 0 spiro atoms. The molecule has 8 nitrogen and oxygen atoms in total. The number of aromatic nitrogens is 2. The first kappa shape index (κ1) is 22.0. The monoisotopic (exact) mass is 454 g/mol. The average Bonchev–Trinajstić information content (AvgIpc) is 2.79. The fourth-order valence-electron chi connectivity index (χ4n) is 3.63. The smallest absolute Gasteiger partial charge is 0.246 e. The first-order chi connectivity index (χ1) is 15.4. The van der Waals surface area contributed by atoms with Gasteiger partial charge < -0.3 is 14.4 Å². The Bertz CT molecular complexity index is 1190. The van der Waals surface area contributed by atoms with Crippen LogP contribution in [-0.4, -0.2) is 56.0 Å². The number of aryl methyl sites for hydroxylation is 2. The molecule has 0 N–H and O–H groups in total. The molecule has 32 heavy (non-hydrogen) atoms. The van der Waals surface area contributed by atoms with E-state index in [2.05, 4.69) is 9.97 Å². The zero-order valence-electron chi connectivity index (χ0n) is 18.4. The summed E-state index contributed by atoms with van der Waals surface area (Å²) >= 11 is 0. The standard InChI is InChI=1S/C23H26N4O4S/c1-17-9-10-20(30-3)21(15-17)32(28,29)27-13-11-26(12-14-27)22-16-23(25-18(2)24-22)31-19-7-5-4-6-8-19/h4-10,15-16H,11-14H2,1-3H3. The normalized spacial score (nSPS) is 14.9. The van der Waals surface area contributed by atoms with Gasteiger partial charge in [-0.05, 0) is 43.7 Å². The number of rotatable bonds is 6. The van der Waals surface area contributed by atoms with Crippen molar-refractivity contribution in [1.82, 2.24) is 14.3 Å². The lowest BCUT2D eigenvalue weighted by atomic mass is 10.2. The predicted molar refractivity (Wildman–Crippen MR) is 122 cm³/mol. The van der Waals surface area contributed by atoms with Crippen molar-refractivity contribution in [3.63, 3.8) is 0 Å². The summed E-state index contributed by atoms with van der Waals surface area (Å²) in [5, 5.41) is 0. The van der Waals surface area contributed by atoms with Crippen LogP contribution in [0.15, 0.2) is 59.5 Å². The maximum atomic E-state index is 13.3. The maximum Gasteiger partial charge on any atom is 0.246 e. The van der Waals surface area contributed by atoms with Crippen molar-refractivity contribution in [2.24, 2.45) is 0 Å². The molecule has 0 saturated carbocycles. The molecule has 0 unspecified atom stereocenters. The van der Waals surface area contributed by atoms with Crippen molar-refractivity contribution in [2.45, 2.75) is 18.7 Å². The molecule has 1 aliphatic rings. The molecule has 1 saturated heterocycles. The Hall–Kier alpha value is -3.17. The largest absolute Gasteiger partial charge is 0.495 e. The third kappa shape index (κ3) is 4.68. The number of piperazine rings is 1. The zero-order chi connectivity index (χ0) is 22.7. The quantitative estimate of drug-likeness (QED) is 0.564. The van der Waals surface area contributed by atoms with Crippen LogP contribution in [0.4, 0.5) is 5.82 Å². The van der Waals surface area contributed by atoms with Crippen LogP contribution in [0.3, 0.4) is 0 Å². The molecule has 9 heteroatoms. The maximum absolute atomic E-state index is 13.3. The Morgan fingerprint density at radius 1 is 0.906 bits per heavy atom. The minimum atomic E-state index is -3.67. The second-order valence-corrected chi connectivity index (χ2v) is 9.48. The molecule has 1 fully saturated rings. The van der Waals surface area contributed by atoms with Crippen LogP contribution in [0.2, 0.25) is 0 Å². The van der Waals surface area contributed by atoms with Gasteiger partial charge in [0, 0.05) is 32.2 Å². The predicted octanol–water partition coefficient (Wildman–Crippen LogP) is 3.41. The van der Waals surface area contributed by atoms with E-state index in [1.165, 1.54) is 11.4 Å². The molecule has 1 aliphatic heterocycles. The van der Waals surface area contributed by atoms with E-state index in [1.807, 2.05) is 55.1 Å². The average molecular weight is 455 g/mol. The molecule has 2 aromatic carbocycles. The van der Waals surface area contributed by atoms with E-state index in [0.717, 1.165) is 5.56 Å². The van der Waals surface area contributed by atoms with Crippen molar-refractivity contribution in [1.29, 1.82) is 0 Å². The van der Waals surface area contributed by atoms with Gasteiger partial charge in [-0.2, -0.15) is 9.29 Å². The lowest BCUT2D eigenvalue weighted by Gasteiger charge is -2.35. The van der Waals surface area contributed by atoms with E-state index < -0.39 is 10.0 Å². The Morgan fingerprint density at radius 3 is 2.31 bits per heavy atom. The summed E-state index contributed by atoms with van der Waals surface area (Å²) < 4.78 is 39.2. The zero-order valence-corrected chi connectivity index (χ0v) is 19.2. The number of methoxy groups -OCH3 is 1. The molecule has 0 bridgehead atoms. The van der Waals surface area contributed by atoms with Gasteiger partial charge in [0.15, 0.2) is 0 Å². The van der Waals surface area contributed by atoms with Crippen LogP contribution in [0.25, 0.3) is 0 Å². The number of benzene rings is 2. The molecule has 168 valence electrons. The van der Waals surface area contributed by atoms with Crippen LogP contribution in [0.1, 0.15) is 11.4 Å². The van der Waals surface area contributed by atoms with Crippen molar-refractivity contribution < 1.29 is 17.9 Å². The number of ether oxygens (including phenoxy) is 2. The van der Waals surface area contributed by atoms with Crippen LogP contribution in [0, 0.1) is 13.8 Å². The summed E-state index contributed by atoms with van der Waals surface area (Å²) in [7, 11) is -2.19. The fraction of sp³-hybridized carbons (Fsp3) is 0.304. The molecule has 4 rings (SSSR count). The van der Waals surface area contributed by atoms with Gasteiger partial charge in [0.1, 0.15) is 28.0 Å². The van der Waals surface area contributed by atoms with Gasteiger partial charge in [-0.3, -0.25) is 0 Å². The molecule has 0 radical (unpaired) electrons. The van der Waals surface area contributed by atoms with Crippen molar-refractivity contribution in [2.75, 3.05) is 38.2 Å². The first-order valence-electron chi connectivity index (χ1n) is 10.3. The SMILES string of the molecule is COc1ccc(C)cc1S(=O)(=O)N1CCN(c2cc(Oc3ccccc3)nc(C)n2)CC1. The van der Waals surface area contributed by atoms with Gasteiger partial charge in [-0.15, -0.1) is 0 Å². The van der Waals surface area contributed by atoms with Crippen molar-refractivity contribution in [3.8, 4) is 17.4 Å². The number of nitrogens with zero attached hydrogens (tertiary/aromatic N) is 4. The van der Waals surface area contributed by atoms with Gasteiger partial charge in [0.2, 0.25) is 15.9 Å². The highest BCUT2D eigenvalue weighted by Gasteiger charge is 2.31. The van der Waals surface area contributed by atoms with Gasteiger partial charge in [0.05, 0.1) is 7.11 Å². The summed E-state index contributed by atoms with van der Waals surface area (Å²) in [5.41, 5.74) is 0.866. The number of hydrogen-bond acceptors (Lipinski definition) is 7. The summed E-state index contributed by atoms with van der Waals surface area (Å²) in [6.07, 6.45) is 0. The molecule has 0 atom stereocenters. The van der Waals surface area contributed by atoms with E-state index in [4.69, 9.17) is 9.47 Å². The van der Waals surface area contributed by atoms with E-state index in [0.29, 0.717) is 55.2 Å². The molecule has 3 aromatic rings. The van der Waals surface area contributed by atoms with Crippen molar-refractivity contribution >= 4 is 15.8 Å². The lowest BCUT2D eigenvalue weighted by Crippen LogP contribution is -2.49. The third-order valence-corrected chi connectivity index (χ3v) is 7.19. The van der Waals surface area contributed by atoms with Crippen LogP contribution in [-0.2, 0) is 10.0 Å². The van der Waals surface area contributed by atoms with Gasteiger partial charge in [-0.25, -0.2) is 13.4 Å². The van der Waals surface area contributed by atoms with Crippen molar-refractivity contribution in [3.05, 3.63) is 66.0 Å². The first-order valence-corrected chi connectivity index (χ1v) is 11.8. The summed E-state index contributed by atoms with van der Waals surface area (Å²) in [4.78, 5) is 11.1.